The molecule has 2 N–H and O–H groups in total. The monoisotopic (exact) mass is 311 g/mol. The third-order valence-electron chi connectivity index (χ3n) is 4.37. The van der Waals surface area contributed by atoms with Gasteiger partial charge in [-0.1, -0.05) is 30.2 Å². The van der Waals surface area contributed by atoms with E-state index in [2.05, 4.69) is 16.6 Å². The number of aryl methyl sites for hydroxylation is 1. The number of hydrogen-bond acceptors (Lipinski definition) is 3. The van der Waals surface area contributed by atoms with E-state index in [0.29, 0.717) is 12.8 Å². The molecule has 3 rings (SSSR count). The summed E-state index contributed by atoms with van der Waals surface area (Å²) < 4.78 is 0. The second-order valence-electron chi connectivity index (χ2n) is 5.83. The quantitative estimate of drug-likeness (QED) is 0.619. The number of carbonyl (C=O) groups is 3. The Morgan fingerprint density at radius 2 is 2.09 bits per heavy atom. The van der Waals surface area contributed by atoms with Gasteiger partial charge in [0.1, 0.15) is 12.1 Å². The first-order valence-corrected chi connectivity index (χ1v) is 7.47. The summed E-state index contributed by atoms with van der Waals surface area (Å²) in [6.45, 7) is -0.239. The number of urea groups is 1. The molecule has 1 aromatic carbocycles. The Bertz CT molecular complexity index is 722. The smallest absolute Gasteiger partial charge is 0.325 e. The van der Waals surface area contributed by atoms with Crippen molar-refractivity contribution in [3.63, 3.8) is 0 Å². The summed E-state index contributed by atoms with van der Waals surface area (Å²) in [6.07, 6.45) is 6.79. The highest BCUT2D eigenvalue weighted by atomic mass is 16.2. The lowest BCUT2D eigenvalue weighted by Crippen LogP contribution is -2.51. The Labute approximate surface area is 134 Å². The minimum atomic E-state index is -0.933. The van der Waals surface area contributed by atoms with Gasteiger partial charge in [0, 0.05) is 6.42 Å². The van der Waals surface area contributed by atoms with Gasteiger partial charge in [0.05, 0.1) is 6.54 Å². The van der Waals surface area contributed by atoms with Crippen molar-refractivity contribution in [1.82, 2.24) is 15.5 Å². The number of benzene rings is 1. The van der Waals surface area contributed by atoms with E-state index in [1.165, 1.54) is 5.56 Å². The number of hydrogen-bond donors (Lipinski definition) is 2. The van der Waals surface area contributed by atoms with Crippen LogP contribution in [-0.4, -0.2) is 41.4 Å². The van der Waals surface area contributed by atoms with Crippen LogP contribution in [0, 0.1) is 12.3 Å². The van der Waals surface area contributed by atoms with Crippen LogP contribution in [0.3, 0.4) is 0 Å². The van der Waals surface area contributed by atoms with Crippen LogP contribution in [0.5, 0.6) is 0 Å². The third-order valence-corrected chi connectivity index (χ3v) is 4.37. The zero-order valence-corrected chi connectivity index (χ0v) is 12.6. The average Bonchev–Trinajstić information content (AvgIpc) is 2.77. The number of imide groups is 1. The summed E-state index contributed by atoms with van der Waals surface area (Å²) >= 11 is 0. The number of fused-ring (bicyclic) bond motifs is 1. The number of terminal acetylenes is 1. The van der Waals surface area contributed by atoms with Gasteiger partial charge in [0.2, 0.25) is 5.91 Å². The first kappa shape index (κ1) is 15.1. The molecule has 23 heavy (non-hydrogen) atoms. The van der Waals surface area contributed by atoms with Gasteiger partial charge in [-0.15, -0.1) is 6.42 Å². The number of nitrogens with one attached hydrogen (secondary N) is 2. The van der Waals surface area contributed by atoms with Crippen molar-refractivity contribution in [3.05, 3.63) is 35.4 Å². The zero-order chi connectivity index (χ0) is 16.4. The molecule has 1 saturated heterocycles. The maximum atomic E-state index is 12.7. The molecule has 1 unspecified atom stereocenters. The normalized spacial score (nSPS) is 22.5. The summed E-state index contributed by atoms with van der Waals surface area (Å²) in [7, 11) is 0. The molecule has 0 saturated carbocycles. The molecule has 0 bridgehead atoms. The van der Waals surface area contributed by atoms with Crippen molar-refractivity contribution in [2.45, 2.75) is 24.8 Å². The Kier molecular flexibility index (Phi) is 3.78. The van der Waals surface area contributed by atoms with E-state index in [-0.39, 0.29) is 19.0 Å². The Morgan fingerprint density at radius 1 is 1.35 bits per heavy atom. The summed E-state index contributed by atoms with van der Waals surface area (Å²) in [5.41, 5.74) is 1.33. The van der Waals surface area contributed by atoms with E-state index in [1.807, 2.05) is 24.3 Å². The molecule has 1 aliphatic carbocycles. The predicted molar refractivity (Wildman–Crippen MR) is 83.3 cm³/mol. The molecule has 0 aromatic heterocycles. The summed E-state index contributed by atoms with van der Waals surface area (Å²) in [4.78, 5) is 37.6. The second kappa shape index (κ2) is 5.76. The molecule has 6 heteroatoms. The van der Waals surface area contributed by atoms with Crippen molar-refractivity contribution in [1.29, 1.82) is 0 Å². The fourth-order valence-corrected chi connectivity index (χ4v) is 3.19. The van der Waals surface area contributed by atoms with Crippen LogP contribution in [0.2, 0.25) is 0 Å². The largest absolute Gasteiger partial charge is 0.344 e. The van der Waals surface area contributed by atoms with Crippen LogP contribution in [-0.2, 0) is 22.4 Å². The molecule has 6 nitrogen and oxygen atoms in total. The van der Waals surface area contributed by atoms with Crippen LogP contribution < -0.4 is 10.6 Å². The van der Waals surface area contributed by atoms with Gasteiger partial charge < -0.3 is 10.6 Å². The lowest BCUT2D eigenvalue weighted by molar-refractivity contribution is -0.135. The van der Waals surface area contributed by atoms with Crippen molar-refractivity contribution in [2.24, 2.45) is 0 Å². The van der Waals surface area contributed by atoms with Crippen LogP contribution >= 0.6 is 0 Å². The van der Waals surface area contributed by atoms with Gasteiger partial charge in [0.15, 0.2) is 0 Å². The van der Waals surface area contributed by atoms with Gasteiger partial charge in [0.25, 0.3) is 5.91 Å². The lowest BCUT2D eigenvalue weighted by Gasteiger charge is -2.32. The van der Waals surface area contributed by atoms with Crippen LogP contribution in [0.4, 0.5) is 4.79 Å². The van der Waals surface area contributed by atoms with Gasteiger partial charge >= 0.3 is 6.03 Å². The number of amides is 4. The Morgan fingerprint density at radius 3 is 2.83 bits per heavy atom. The van der Waals surface area contributed by atoms with Crippen molar-refractivity contribution in [2.75, 3.05) is 13.1 Å². The number of rotatable bonds is 3. The number of carbonyl (C=O) groups excluding carboxylic acids is 3. The summed E-state index contributed by atoms with van der Waals surface area (Å²) in [6, 6.07) is 7.37. The molecular formula is C17H17N3O3. The summed E-state index contributed by atoms with van der Waals surface area (Å²) in [5.74, 6) is 1.49. The Hall–Kier alpha value is -2.81. The van der Waals surface area contributed by atoms with E-state index >= 15 is 0 Å². The third kappa shape index (κ3) is 2.66. The van der Waals surface area contributed by atoms with E-state index < -0.39 is 17.5 Å². The maximum absolute atomic E-state index is 12.7. The molecule has 4 amide bonds. The standard InChI is InChI=1S/C17H17N3O3/c1-2-9-18-14(21)11-20-15(22)17(19-16(20)23)8-7-12-5-3-4-6-13(12)10-17/h1,3-6H,7-11H2,(H,18,21)(H,19,23). The zero-order valence-electron chi connectivity index (χ0n) is 12.6. The molecule has 1 atom stereocenters. The average molecular weight is 311 g/mol. The van der Waals surface area contributed by atoms with Crippen LogP contribution in [0.25, 0.3) is 0 Å². The topological polar surface area (TPSA) is 78.5 Å². The molecule has 2 aliphatic rings. The molecule has 1 heterocycles. The minimum absolute atomic E-state index is 0.0704. The van der Waals surface area contributed by atoms with Gasteiger partial charge in [-0.05, 0) is 24.0 Å². The van der Waals surface area contributed by atoms with E-state index in [0.717, 1.165) is 16.9 Å². The first-order valence-electron chi connectivity index (χ1n) is 7.47. The molecule has 0 radical (unpaired) electrons. The van der Waals surface area contributed by atoms with Gasteiger partial charge in [-0.3, -0.25) is 14.5 Å². The van der Waals surface area contributed by atoms with E-state index in [9.17, 15) is 14.4 Å². The van der Waals surface area contributed by atoms with Gasteiger partial charge in [-0.25, -0.2) is 4.79 Å². The fourth-order valence-electron chi connectivity index (χ4n) is 3.19. The highest BCUT2D eigenvalue weighted by Gasteiger charge is 2.52. The summed E-state index contributed by atoms with van der Waals surface area (Å²) in [5, 5.41) is 5.25. The highest BCUT2D eigenvalue weighted by Crippen LogP contribution is 2.33. The van der Waals surface area contributed by atoms with Crippen LogP contribution in [0.1, 0.15) is 17.5 Å². The first-order chi connectivity index (χ1) is 11.1. The van der Waals surface area contributed by atoms with E-state index in [4.69, 9.17) is 6.42 Å². The molecule has 1 fully saturated rings. The molecule has 118 valence electrons. The SMILES string of the molecule is C#CCNC(=O)CN1C(=O)NC2(CCc3ccccc3C2)C1=O. The molecule has 1 aromatic rings. The molecular weight excluding hydrogens is 294 g/mol. The highest BCUT2D eigenvalue weighted by molar-refractivity contribution is 6.09. The number of nitrogens with zero attached hydrogens (tertiary/aromatic N) is 1. The minimum Gasteiger partial charge on any atom is -0.344 e. The van der Waals surface area contributed by atoms with Gasteiger partial charge in [-0.2, -0.15) is 0 Å². The van der Waals surface area contributed by atoms with Crippen molar-refractivity contribution in [3.8, 4) is 12.3 Å². The van der Waals surface area contributed by atoms with E-state index in [1.54, 1.807) is 0 Å². The van der Waals surface area contributed by atoms with Crippen LogP contribution in [0.15, 0.2) is 24.3 Å². The second-order valence-corrected chi connectivity index (χ2v) is 5.83. The van der Waals surface area contributed by atoms with Crippen molar-refractivity contribution < 1.29 is 14.4 Å². The maximum Gasteiger partial charge on any atom is 0.325 e. The predicted octanol–water partition coefficient (Wildman–Crippen LogP) is 0.215. The molecule has 1 aliphatic heterocycles. The molecule has 1 spiro atoms. The fraction of sp³-hybridized carbons (Fsp3) is 0.353. The Balaban J connectivity index is 1.77. The van der Waals surface area contributed by atoms with Crippen molar-refractivity contribution >= 4 is 17.8 Å². The lowest BCUT2D eigenvalue weighted by atomic mass is 9.78.